The van der Waals surface area contributed by atoms with Gasteiger partial charge in [-0.05, 0) is 48.2 Å². The summed E-state index contributed by atoms with van der Waals surface area (Å²) in [4.78, 5) is 21.0. The third kappa shape index (κ3) is 3.95. The van der Waals surface area contributed by atoms with Gasteiger partial charge in [-0.2, -0.15) is 0 Å². The summed E-state index contributed by atoms with van der Waals surface area (Å²) >= 11 is 0. The number of carbonyl (C=O) groups is 1. The van der Waals surface area contributed by atoms with Crippen LogP contribution in [0.15, 0.2) is 55.0 Å². The average Bonchev–Trinajstić information content (AvgIpc) is 3.11. The SMILES string of the molecule is CCn1ccc2ccc(NC(=O)N3CCN(Cc4ccncc4)CC3)cc21. The van der Waals surface area contributed by atoms with Crippen molar-refractivity contribution in [1.82, 2.24) is 19.4 Å². The van der Waals surface area contributed by atoms with E-state index in [1.807, 2.05) is 35.5 Å². The number of amides is 2. The Kier molecular flexibility index (Phi) is 5.07. The Hall–Kier alpha value is -2.86. The maximum atomic E-state index is 12.6. The normalized spacial score (nSPS) is 15.2. The predicted molar refractivity (Wildman–Crippen MR) is 108 cm³/mol. The van der Waals surface area contributed by atoms with Crippen molar-refractivity contribution >= 4 is 22.6 Å². The Bertz CT molecular complexity index is 913. The number of hydrogen-bond donors (Lipinski definition) is 1. The standard InChI is InChI=1S/C21H25N5O/c1-2-25-10-7-18-3-4-19(15-20(18)25)23-21(27)26-13-11-24(12-14-26)16-17-5-8-22-9-6-17/h3-10,15H,2,11-14,16H2,1H3,(H,23,27). The molecule has 6 nitrogen and oxygen atoms in total. The van der Waals surface area contributed by atoms with Crippen molar-refractivity contribution in [2.75, 3.05) is 31.5 Å². The summed E-state index contributed by atoms with van der Waals surface area (Å²) in [5.74, 6) is 0. The summed E-state index contributed by atoms with van der Waals surface area (Å²) in [6.45, 7) is 7.19. The molecule has 2 amide bonds. The molecule has 0 aliphatic carbocycles. The van der Waals surface area contributed by atoms with Crippen LogP contribution in [0.2, 0.25) is 0 Å². The van der Waals surface area contributed by atoms with Crippen LogP contribution in [0.5, 0.6) is 0 Å². The molecule has 0 unspecified atom stereocenters. The van der Waals surface area contributed by atoms with E-state index in [4.69, 9.17) is 0 Å². The summed E-state index contributed by atoms with van der Waals surface area (Å²) in [6, 6.07) is 12.3. The van der Waals surface area contributed by atoms with Gasteiger partial charge >= 0.3 is 6.03 Å². The van der Waals surface area contributed by atoms with Gasteiger partial charge in [0.15, 0.2) is 0 Å². The number of nitrogens with one attached hydrogen (secondary N) is 1. The van der Waals surface area contributed by atoms with Crippen LogP contribution < -0.4 is 5.32 Å². The molecular weight excluding hydrogens is 338 g/mol. The lowest BCUT2D eigenvalue weighted by Crippen LogP contribution is -2.49. The number of carbonyl (C=O) groups excluding carboxylic acids is 1. The molecule has 3 heterocycles. The number of hydrogen-bond acceptors (Lipinski definition) is 3. The molecule has 2 aromatic heterocycles. The minimum Gasteiger partial charge on any atom is -0.348 e. The molecule has 3 aromatic rings. The molecule has 0 saturated carbocycles. The van der Waals surface area contributed by atoms with Gasteiger partial charge < -0.3 is 14.8 Å². The number of pyridine rings is 1. The van der Waals surface area contributed by atoms with E-state index in [1.54, 1.807) is 0 Å². The molecule has 27 heavy (non-hydrogen) atoms. The van der Waals surface area contributed by atoms with Crippen molar-refractivity contribution in [2.24, 2.45) is 0 Å². The lowest BCUT2D eigenvalue weighted by Gasteiger charge is -2.34. The average molecular weight is 363 g/mol. The number of urea groups is 1. The van der Waals surface area contributed by atoms with Gasteiger partial charge in [-0.25, -0.2) is 4.79 Å². The molecule has 0 radical (unpaired) electrons. The molecule has 1 aromatic carbocycles. The summed E-state index contributed by atoms with van der Waals surface area (Å²) in [7, 11) is 0. The Morgan fingerprint density at radius 3 is 2.59 bits per heavy atom. The smallest absolute Gasteiger partial charge is 0.321 e. The fourth-order valence-corrected chi connectivity index (χ4v) is 3.60. The Balaban J connectivity index is 1.34. The van der Waals surface area contributed by atoms with Crippen LogP contribution in [0.3, 0.4) is 0 Å². The van der Waals surface area contributed by atoms with Gasteiger partial charge in [0.05, 0.1) is 5.52 Å². The molecule has 1 aliphatic rings. The van der Waals surface area contributed by atoms with Gasteiger partial charge in [-0.3, -0.25) is 9.88 Å². The van der Waals surface area contributed by atoms with Crippen LogP contribution in [-0.4, -0.2) is 51.6 Å². The van der Waals surface area contributed by atoms with E-state index >= 15 is 0 Å². The Morgan fingerprint density at radius 1 is 1.07 bits per heavy atom. The number of benzene rings is 1. The lowest BCUT2D eigenvalue weighted by atomic mass is 10.2. The number of piperazine rings is 1. The lowest BCUT2D eigenvalue weighted by molar-refractivity contribution is 0.143. The predicted octanol–water partition coefficient (Wildman–Crippen LogP) is 3.41. The zero-order valence-electron chi connectivity index (χ0n) is 15.6. The largest absolute Gasteiger partial charge is 0.348 e. The minimum atomic E-state index is -0.0208. The first kappa shape index (κ1) is 17.5. The highest BCUT2D eigenvalue weighted by atomic mass is 16.2. The van der Waals surface area contributed by atoms with Crippen molar-refractivity contribution in [2.45, 2.75) is 20.0 Å². The van der Waals surface area contributed by atoms with Crippen LogP contribution in [0.25, 0.3) is 10.9 Å². The first-order valence-corrected chi connectivity index (χ1v) is 9.49. The maximum absolute atomic E-state index is 12.6. The van der Waals surface area contributed by atoms with Crippen molar-refractivity contribution in [3.05, 3.63) is 60.6 Å². The summed E-state index contributed by atoms with van der Waals surface area (Å²) < 4.78 is 2.18. The third-order valence-corrected chi connectivity index (χ3v) is 5.18. The zero-order chi connectivity index (χ0) is 18.6. The zero-order valence-corrected chi connectivity index (χ0v) is 15.6. The highest BCUT2D eigenvalue weighted by Crippen LogP contribution is 2.21. The van der Waals surface area contributed by atoms with Crippen LogP contribution in [0.4, 0.5) is 10.5 Å². The van der Waals surface area contributed by atoms with Gasteiger partial charge in [-0.15, -0.1) is 0 Å². The molecule has 0 spiro atoms. The molecule has 0 atom stereocenters. The number of fused-ring (bicyclic) bond motifs is 1. The molecule has 6 heteroatoms. The first-order chi connectivity index (χ1) is 13.2. The third-order valence-electron chi connectivity index (χ3n) is 5.18. The van der Waals surface area contributed by atoms with E-state index in [-0.39, 0.29) is 6.03 Å². The second-order valence-electron chi connectivity index (χ2n) is 6.92. The number of anilines is 1. The monoisotopic (exact) mass is 363 g/mol. The molecule has 0 bridgehead atoms. The van der Waals surface area contributed by atoms with Gasteiger partial charge in [-0.1, -0.05) is 6.07 Å². The summed E-state index contributed by atoms with van der Waals surface area (Å²) in [6.07, 6.45) is 5.73. The fourth-order valence-electron chi connectivity index (χ4n) is 3.60. The molecular formula is C21H25N5O. The van der Waals surface area contributed by atoms with E-state index in [1.165, 1.54) is 10.9 Å². The number of rotatable bonds is 4. The molecule has 1 N–H and O–H groups in total. The van der Waals surface area contributed by atoms with E-state index < -0.39 is 0 Å². The van der Waals surface area contributed by atoms with Crippen molar-refractivity contribution in [3.63, 3.8) is 0 Å². The quantitative estimate of drug-likeness (QED) is 0.773. The van der Waals surface area contributed by atoms with Gasteiger partial charge in [0.1, 0.15) is 0 Å². The Morgan fingerprint density at radius 2 is 1.85 bits per heavy atom. The maximum Gasteiger partial charge on any atom is 0.321 e. The number of aryl methyl sites for hydroxylation is 1. The van der Waals surface area contributed by atoms with Gasteiger partial charge in [0, 0.05) is 63.5 Å². The Labute approximate surface area is 159 Å². The molecule has 140 valence electrons. The van der Waals surface area contributed by atoms with Crippen molar-refractivity contribution in [3.8, 4) is 0 Å². The van der Waals surface area contributed by atoms with Crippen LogP contribution in [0.1, 0.15) is 12.5 Å². The summed E-state index contributed by atoms with van der Waals surface area (Å²) in [5.41, 5.74) is 3.26. The second-order valence-corrected chi connectivity index (χ2v) is 6.92. The minimum absolute atomic E-state index is 0.0208. The number of aromatic nitrogens is 2. The van der Waals surface area contributed by atoms with Crippen LogP contribution in [-0.2, 0) is 13.1 Å². The molecule has 1 fully saturated rings. The highest BCUT2D eigenvalue weighted by molar-refractivity contribution is 5.93. The summed E-state index contributed by atoms with van der Waals surface area (Å²) in [5, 5.41) is 4.25. The van der Waals surface area contributed by atoms with E-state index in [9.17, 15) is 4.79 Å². The molecule has 1 aliphatic heterocycles. The van der Waals surface area contributed by atoms with E-state index in [2.05, 4.69) is 51.1 Å². The van der Waals surface area contributed by atoms with E-state index in [0.29, 0.717) is 0 Å². The fraction of sp³-hybridized carbons (Fsp3) is 0.333. The van der Waals surface area contributed by atoms with Gasteiger partial charge in [0.25, 0.3) is 0 Å². The van der Waals surface area contributed by atoms with Crippen LogP contribution >= 0.6 is 0 Å². The van der Waals surface area contributed by atoms with E-state index in [0.717, 1.165) is 50.5 Å². The van der Waals surface area contributed by atoms with Crippen LogP contribution in [0, 0.1) is 0 Å². The second kappa shape index (κ2) is 7.80. The van der Waals surface area contributed by atoms with Gasteiger partial charge in [0.2, 0.25) is 0 Å². The molecule has 4 rings (SSSR count). The van der Waals surface area contributed by atoms with Crippen molar-refractivity contribution in [1.29, 1.82) is 0 Å². The number of nitrogens with zero attached hydrogens (tertiary/aromatic N) is 4. The first-order valence-electron chi connectivity index (χ1n) is 9.49. The van der Waals surface area contributed by atoms with Crippen molar-refractivity contribution < 1.29 is 4.79 Å². The molecule has 1 saturated heterocycles. The highest BCUT2D eigenvalue weighted by Gasteiger charge is 2.21. The topological polar surface area (TPSA) is 53.4 Å².